The van der Waals surface area contributed by atoms with Crippen molar-refractivity contribution in [1.29, 1.82) is 0 Å². The van der Waals surface area contributed by atoms with Gasteiger partial charge in [-0.15, -0.1) is 9.78 Å². The molecule has 0 aromatic heterocycles. The molecule has 0 spiro atoms. The van der Waals surface area contributed by atoms with Crippen LogP contribution in [0.2, 0.25) is 0 Å². The Labute approximate surface area is 68.3 Å². The molecule has 5 heteroatoms. The van der Waals surface area contributed by atoms with Crippen LogP contribution in [-0.4, -0.2) is 18.4 Å². The molecule has 39 valence electrons. The number of hydrogen-bond donors (Lipinski definition) is 1. The van der Waals surface area contributed by atoms with Crippen molar-refractivity contribution >= 4 is 0 Å². The Bertz CT molecular complexity index is 60.7. The zero-order chi connectivity index (χ0) is 4.62. The van der Waals surface area contributed by atoms with E-state index in [0.29, 0.717) is 0 Å². The molecule has 0 saturated carbocycles. The van der Waals surface area contributed by atoms with Crippen molar-refractivity contribution < 1.29 is 55.2 Å². The SMILES string of the molecule is COC1(O)OO1.[La]. The third-order valence-electron chi connectivity index (χ3n) is 0.484. The molecule has 0 aromatic rings. The molecule has 1 aliphatic heterocycles. The standard InChI is InChI=1S/C2H4O4.La/c1-4-2(3)5-6-2;/h3H,1H3;. The number of ether oxygens (including phenoxy) is 1. The molecular formula is C2H4LaO4. The van der Waals surface area contributed by atoms with E-state index in [1.807, 2.05) is 0 Å². The first-order valence-corrected chi connectivity index (χ1v) is 1.41. The van der Waals surface area contributed by atoms with Crippen LogP contribution in [0.15, 0.2) is 0 Å². The maximum Gasteiger partial charge on any atom is 0.464 e. The Hall–Kier alpha value is 1.03. The average Bonchev–Trinajstić information content (AvgIpc) is 2.22. The van der Waals surface area contributed by atoms with Crippen molar-refractivity contribution in [2.24, 2.45) is 0 Å². The molecule has 4 nitrogen and oxygen atoms in total. The van der Waals surface area contributed by atoms with Gasteiger partial charge in [-0.25, -0.2) is 0 Å². The van der Waals surface area contributed by atoms with Crippen LogP contribution < -0.4 is 0 Å². The fourth-order valence-electron chi connectivity index (χ4n) is 0.104. The van der Waals surface area contributed by atoms with Crippen molar-refractivity contribution in [3.05, 3.63) is 0 Å². The molecule has 0 aromatic carbocycles. The van der Waals surface area contributed by atoms with Gasteiger partial charge in [-0.1, -0.05) is 0 Å². The fraction of sp³-hybridized carbons (Fsp3) is 1.00. The second-order valence-electron chi connectivity index (χ2n) is 0.895. The molecule has 1 rings (SSSR count). The van der Waals surface area contributed by atoms with Crippen molar-refractivity contribution in [3.8, 4) is 0 Å². The van der Waals surface area contributed by atoms with Crippen molar-refractivity contribution in [2.45, 2.75) is 6.16 Å². The van der Waals surface area contributed by atoms with E-state index >= 15 is 0 Å². The van der Waals surface area contributed by atoms with Crippen LogP contribution in [0.3, 0.4) is 0 Å². The van der Waals surface area contributed by atoms with Gasteiger partial charge < -0.3 is 9.84 Å². The maximum absolute atomic E-state index is 8.27. The predicted octanol–water partition coefficient (Wildman–Crippen LogP) is -0.802. The minimum atomic E-state index is -1.71. The Kier molecular flexibility index (Phi) is 2.92. The van der Waals surface area contributed by atoms with Crippen LogP contribution >= 0.6 is 0 Å². The summed E-state index contributed by atoms with van der Waals surface area (Å²) in [5, 5.41) is 8.27. The zero-order valence-corrected chi connectivity index (χ0v) is 7.38. The van der Waals surface area contributed by atoms with Crippen LogP contribution in [-0.2, 0) is 14.5 Å². The Morgan fingerprint density at radius 2 is 2.00 bits per heavy atom. The molecule has 0 bridgehead atoms. The number of aliphatic hydroxyl groups is 1. The number of methoxy groups -OCH3 is 1. The second kappa shape index (κ2) is 2.54. The van der Waals surface area contributed by atoms with E-state index in [9.17, 15) is 0 Å². The molecule has 0 amide bonds. The third-order valence-corrected chi connectivity index (χ3v) is 0.484. The maximum atomic E-state index is 8.27. The quantitative estimate of drug-likeness (QED) is 0.364. The number of rotatable bonds is 1. The summed E-state index contributed by atoms with van der Waals surface area (Å²) < 4.78 is 4.16. The van der Waals surface area contributed by atoms with Crippen LogP contribution in [0.4, 0.5) is 0 Å². The van der Waals surface area contributed by atoms with Gasteiger partial charge >= 0.3 is 6.16 Å². The van der Waals surface area contributed by atoms with Crippen molar-refractivity contribution in [1.82, 2.24) is 0 Å². The van der Waals surface area contributed by atoms with Gasteiger partial charge in [0, 0.05) is 42.7 Å². The van der Waals surface area contributed by atoms with Crippen molar-refractivity contribution in [2.75, 3.05) is 7.11 Å². The molecule has 0 aliphatic carbocycles. The van der Waals surface area contributed by atoms with Gasteiger partial charge in [0.05, 0.1) is 0 Å². The molecule has 7 heavy (non-hydrogen) atoms. The summed E-state index contributed by atoms with van der Waals surface area (Å²) in [6, 6.07) is 0. The first-order chi connectivity index (χ1) is 2.77. The average molecular weight is 231 g/mol. The van der Waals surface area contributed by atoms with E-state index in [4.69, 9.17) is 5.11 Å². The monoisotopic (exact) mass is 231 g/mol. The van der Waals surface area contributed by atoms with Crippen LogP contribution in [0.5, 0.6) is 0 Å². The van der Waals surface area contributed by atoms with E-state index in [-0.39, 0.29) is 35.6 Å². The first kappa shape index (κ1) is 8.03. The van der Waals surface area contributed by atoms with E-state index in [2.05, 4.69) is 14.5 Å². The summed E-state index contributed by atoms with van der Waals surface area (Å²) in [6.45, 7) is 0. The summed E-state index contributed by atoms with van der Waals surface area (Å²) in [7, 11) is 1.27. The summed E-state index contributed by atoms with van der Waals surface area (Å²) >= 11 is 0. The second-order valence-corrected chi connectivity index (χ2v) is 0.895. The third kappa shape index (κ3) is 2.18. The summed E-state index contributed by atoms with van der Waals surface area (Å²) in [5.41, 5.74) is 0. The normalized spacial score (nSPS) is 23.1. The Morgan fingerprint density at radius 3 is 2.00 bits per heavy atom. The largest absolute Gasteiger partial charge is 0.464 e. The predicted molar refractivity (Wildman–Crippen MR) is 14.1 cm³/mol. The van der Waals surface area contributed by atoms with Crippen LogP contribution in [0.25, 0.3) is 0 Å². The van der Waals surface area contributed by atoms with E-state index in [0.717, 1.165) is 0 Å². The summed E-state index contributed by atoms with van der Waals surface area (Å²) in [6.07, 6.45) is -1.71. The Morgan fingerprint density at radius 1 is 1.57 bits per heavy atom. The minimum absolute atomic E-state index is 0. The zero-order valence-electron chi connectivity index (χ0n) is 3.75. The first-order valence-electron chi connectivity index (χ1n) is 1.41. The van der Waals surface area contributed by atoms with Gasteiger partial charge in [-0.2, -0.15) is 0 Å². The van der Waals surface area contributed by atoms with Gasteiger partial charge in [-0.3, -0.25) is 0 Å². The summed E-state index contributed by atoms with van der Waals surface area (Å²) in [5.74, 6) is 0. The van der Waals surface area contributed by atoms with Gasteiger partial charge in [0.25, 0.3) is 0 Å². The smallest absolute Gasteiger partial charge is 0.315 e. The van der Waals surface area contributed by atoms with Gasteiger partial charge in [0.2, 0.25) is 0 Å². The fourth-order valence-corrected chi connectivity index (χ4v) is 0.104. The molecule has 0 unspecified atom stereocenters. The molecule has 1 saturated heterocycles. The van der Waals surface area contributed by atoms with Gasteiger partial charge in [-0.05, 0) is 0 Å². The minimum Gasteiger partial charge on any atom is -0.315 e. The molecule has 1 aliphatic rings. The van der Waals surface area contributed by atoms with E-state index in [1.54, 1.807) is 0 Å². The molecule has 0 atom stereocenters. The Balaban J connectivity index is 0.000000360. The van der Waals surface area contributed by atoms with E-state index < -0.39 is 6.16 Å². The van der Waals surface area contributed by atoms with Crippen molar-refractivity contribution in [3.63, 3.8) is 0 Å². The molecule has 1 heterocycles. The van der Waals surface area contributed by atoms with Gasteiger partial charge in [0.15, 0.2) is 0 Å². The number of hydrogen-bond acceptors (Lipinski definition) is 4. The molecule has 1 radical (unpaired) electrons. The molecular weight excluding hydrogens is 227 g/mol. The molecule has 1 fully saturated rings. The van der Waals surface area contributed by atoms with Crippen LogP contribution in [0, 0.1) is 35.6 Å². The van der Waals surface area contributed by atoms with Crippen LogP contribution in [0.1, 0.15) is 0 Å². The summed E-state index contributed by atoms with van der Waals surface area (Å²) in [4.78, 5) is 7.76. The van der Waals surface area contributed by atoms with Gasteiger partial charge in [0.1, 0.15) is 0 Å². The van der Waals surface area contributed by atoms with E-state index in [1.165, 1.54) is 7.11 Å². The molecule has 1 N–H and O–H groups in total. The topological polar surface area (TPSA) is 54.5 Å².